The van der Waals surface area contributed by atoms with E-state index in [1.54, 1.807) is 6.92 Å². The van der Waals surface area contributed by atoms with Gasteiger partial charge in [-0.3, -0.25) is 19.2 Å². The van der Waals surface area contributed by atoms with Gasteiger partial charge in [0.25, 0.3) is 0 Å². The topological polar surface area (TPSA) is 132 Å². The zero-order chi connectivity index (χ0) is 18.4. The molecule has 23 heavy (non-hydrogen) atoms. The van der Waals surface area contributed by atoms with Crippen LogP contribution in [0, 0.1) is 0 Å². The van der Waals surface area contributed by atoms with E-state index in [-0.39, 0.29) is 19.7 Å². The lowest BCUT2D eigenvalue weighted by Crippen LogP contribution is -2.38. The van der Waals surface area contributed by atoms with E-state index in [1.807, 2.05) is 0 Å². The van der Waals surface area contributed by atoms with Crippen molar-refractivity contribution in [3.05, 3.63) is 0 Å². The summed E-state index contributed by atoms with van der Waals surface area (Å²) in [6.07, 6.45) is 0. The van der Waals surface area contributed by atoms with E-state index in [9.17, 15) is 19.2 Å². The molecule has 0 aliphatic carbocycles. The minimum Gasteiger partial charge on any atom is -0.397 e. The van der Waals surface area contributed by atoms with Gasteiger partial charge in [0.1, 0.15) is 0 Å². The molecule has 0 heterocycles. The molecule has 0 radical (unpaired) electrons. The van der Waals surface area contributed by atoms with Crippen LogP contribution in [0.1, 0.15) is 34.6 Å². The van der Waals surface area contributed by atoms with Gasteiger partial charge >= 0.3 is 23.9 Å². The van der Waals surface area contributed by atoms with Crippen molar-refractivity contribution in [2.75, 3.05) is 19.7 Å². The van der Waals surface area contributed by atoms with E-state index < -0.39 is 23.9 Å². The van der Waals surface area contributed by atoms with Gasteiger partial charge in [-0.05, 0) is 6.92 Å². The maximum absolute atomic E-state index is 10.8. The second kappa shape index (κ2) is 13.4. The summed E-state index contributed by atoms with van der Waals surface area (Å²) in [7, 11) is 0. The Morgan fingerprint density at radius 2 is 0.870 bits per heavy atom. The molecule has 0 bridgehead atoms. The summed E-state index contributed by atoms with van der Waals surface area (Å²) in [6.45, 7) is 5.90. The van der Waals surface area contributed by atoms with Gasteiger partial charge in [-0.2, -0.15) is 0 Å². The van der Waals surface area contributed by atoms with Crippen LogP contribution in [0.25, 0.3) is 0 Å². The van der Waals surface area contributed by atoms with Gasteiger partial charge in [0.2, 0.25) is 0 Å². The molecule has 0 atom stereocenters. The predicted octanol–water partition coefficient (Wildman–Crippen LogP) is -0.499. The number of hydroxylamine groups is 4. The number of hydrogen-bond donors (Lipinski definition) is 1. The maximum Gasteiger partial charge on any atom is 0.326 e. The third-order valence-corrected chi connectivity index (χ3v) is 1.39. The fraction of sp³-hybridized carbons (Fsp3) is 0.667. The van der Waals surface area contributed by atoms with Gasteiger partial charge in [-0.15, -0.1) is 0 Å². The average molecular weight is 338 g/mol. The van der Waals surface area contributed by atoms with Gasteiger partial charge in [0, 0.05) is 44.8 Å². The third-order valence-electron chi connectivity index (χ3n) is 1.39. The lowest BCUT2D eigenvalue weighted by molar-refractivity contribution is -0.354. The largest absolute Gasteiger partial charge is 0.397 e. The minimum atomic E-state index is -0.724. The summed E-state index contributed by atoms with van der Waals surface area (Å²) >= 11 is 0. The minimum absolute atomic E-state index is 0.223. The van der Waals surface area contributed by atoms with E-state index in [4.69, 9.17) is 5.11 Å². The van der Waals surface area contributed by atoms with E-state index in [0.29, 0.717) is 10.5 Å². The monoisotopic (exact) mass is 338 g/mol. The Morgan fingerprint density at radius 3 is 1.00 bits per heavy atom. The standard InChI is InChI=1S/C10H16N2O8.C2H6O/c1-7(13)17-11(18-8(2)14)5-6-12(19-9(3)15)20-10(4)16;1-2-3/h5-6H2,1-4H3;3H,2H2,1H3. The smallest absolute Gasteiger partial charge is 0.326 e. The van der Waals surface area contributed by atoms with Crippen LogP contribution in [0.15, 0.2) is 0 Å². The first-order chi connectivity index (χ1) is 10.6. The lowest BCUT2D eigenvalue weighted by Gasteiger charge is -2.22. The van der Waals surface area contributed by atoms with Crippen molar-refractivity contribution in [1.82, 2.24) is 10.5 Å². The van der Waals surface area contributed by atoms with Gasteiger partial charge < -0.3 is 24.5 Å². The number of rotatable bonds is 7. The Kier molecular flexibility index (Phi) is 13.4. The first kappa shape index (κ1) is 23.0. The first-order valence-electron chi connectivity index (χ1n) is 6.52. The molecule has 0 saturated carbocycles. The first-order valence-corrected chi connectivity index (χ1v) is 6.52. The van der Waals surface area contributed by atoms with Gasteiger partial charge in [-0.25, -0.2) is 0 Å². The summed E-state index contributed by atoms with van der Waals surface area (Å²) in [5.41, 5.74) is 0. The van der Waals surface area contributed by atoms with Crippen LogP contribution in [0.2, 0.25) is 0 Å². The highest BCUT2D eigenvalue weighted by Crippen LogP contribution is 1.99. The highest BCUT2D eigenvalue weighted by atomic mass is 17.0. The highest BCUT2D eigenvalue weighted by molar-refractivity contribution is 5.67. The Balaban J connectivity index is 0. The zero-order valence-electron chi connectivity index (χ0n) is 13.7. The molecule has 0 amide bonds. The number of carbonyl (C=O) groups excluding carboxylic acids is 4. The van der Waals surface area contributed by atoms with E-state index in [0.717, 1.165) is 27.7 Å². The van der Waals surface area contributed by atoms with Crippen LogP contribution in [-0.2, 0) is 38.5 Å². The summed E-state index contributed by atoms with van der Waals surface area (Å²) in [6, 6.07) is 0. The summed E-state index contributed by atoms with van der Waals surface area (Å²) < 4.78 is 0. The number of nitrogens with zero attached hydrogens (tertiary/aromatic N) is 2. The molecular weight excluding hydrogens is 316 g/mol. The Labute approximate surface area is 133 Å². The second-order valence-electron chi connectivity index (χ2n) is 3.76. The molecule has 0 unspecified atom stereocenters. The Hall–Kier alpha value is -2.24. The van der Waals surface area contributed by atoms with Crippen molar-refractivity contribution in [2.24, 2.45) is 0 Å². The summed E-state index contributed by atoms with van der Waals surface area (Å²) in [5.74, 6) is -2.90. The van der Waals surface area contributed by atoms with Crippen LogP contribution in [0.4, 0.5) is 0 Å². The molecule has 11 heteroatoms. The third kappa shape index (κ3) is 17.7. The molecule has 0 aliphatic rings. The summed E-state index contributed by atoms with van der Waals surface area (Å²) in [5, 5.41) is 8.72. The van der Waals surface area contributed by atoms with Crippen molar-refractivity contribution in [3.8, 4) is 0 Å². The number of hydrogen-bond acceptors (Lipinski definition) is 11. The quantitative estimate of drug-likeness (QED) is 0.602. The molecule has 0 aromatic heterocycles. The predicted molar refractivity (Wildman–Crippen MR) is 73.2 cm³/mol. The van der Waals surface area contributed by atoms with Crippen LogP contribution in [-0.4, -0.2) is 59.1 Å². The molecular formula is C12H22N2O9. The molecule has 0 aliphatic heterocycles. The molecule has 11 nitrogen and oxygen atoms in total. The van der Waals surface area contributed by atoms with E-state index in [1.165, 1.54) is 0 Å². The Morgan fingerprint density at radius 1 is 0.696 bits per heavy atom. The number of aliphatic hydroxyl groups excluding tert-OH is 1. The van der Waals surface area contributed by atoms with Crippen LogP contribution >= 0.6 is 0 Å². The van der Waals surface area contributed by atoms with Crippen LogP contribution < -0.4 is 0 Å². The molecule has 0 spiro atoms. The van der Waals surface area contributed by atoms with Crippen molar-refractivity contribution in [3.63, 3.8) is 0 Å². The second-order valence-corrected chi connectivity index (χ2v) is 3.76. The Bertz CT molecular complexity index is 332. The molecule has 0 aromatic rings. The van der Waals surface area contributed by atoms with Gasteiger partial charge in [0.05, 0.1) is 13.1 Å². The van der Waals surface area contributed by atoms with Crippen molar-refractivity contribution in [2.45, 2.75) is 34.6 Å². The fourth-order valence-corrected chi connectivity index (χ4v) is 0.957. The van der Waals surface area contributed by atoms with Gasteiger partial charge in [0.15, 0.2) is 0 Å². The molecule has 0 aromatic carbocycles. The van der Waals surface area contributed by atoms with E-state index in [2.05, 4.69) is 19.4 Å². The lowest BCUT2D eigenvalue weighted by atomic mass is 10.7. The molecule has 134 valence electrons. The number of aliphatic hydroxyl groups is 1. The van der Waals surface area contributed by atoms with Crippen molar-refractivity contribution >= 4 is 23.9 Å². The van der Waals surface area contributed by atoms with Crippen molar-refractivity contribution in [1.29, 1.82) is 0 Å². The van der Waals surface area contributed by atoms with Crippen LogP contribution in [0.3, 0.4) is 0 Å². The average Bonchev–Trinajstić information content (AvgIpc) is 2.33. The van der Waals surface area contributed by atoms with E-state index >= 15 is 0 Å². The maximum atomic E-state index is 10.8. The normalized spacial score (nSPS) is 9.57. The van der Waals surface area contributed by atoms with Gasteiger partial charge in [-0.1, -0.05) is 0 Å². The molecule has 0 fully saturated rings. The zero-order valence-corrected chi connectivity index (χ0v) is 13.7. The van der Waals surface area contributed by atoms with Crippen molar-refractivity contribution < 1.29 is 43.6 Å². The molecule has 0 saturated heterocycles. The SMILES string of the molecule is CC(=O)ON(CCN(OC(C)=O)OC(C)=O)OC(C)=O.CCO. The van der Waals surface area contributed by atoms with Crippen LogP contribution in [0.5, 0.6) is 0 Å². The highest BCUT2D eigenvalue weighted by Gasteiger charge is 2.18. The summed E-state index contributed by atoms with van der Waals surface area (Å²) in [4.78, 5) is 61.4. The fourth-order valence-electron chi connectivity index (χ4n) is 0.957. The molecule has 0 rings (SSSR count). The molecule has 1 N–H and O–H groups in total. The number of carbonyl (C=O) groups is 4.